The summed E-state index contributed by atoms with van der Waals surface area (Å²) in [6.45, 7) is 4.78. The van der Waals surface area contributed by atoms with E-state index in [9.17, 15) is 4.79 Å². The van der Waals surface area contributed by atoms with Gasteiger partial charge in [-0.15, -0.1) is 0 Å². The topological polar surface area (TPSA) is 57.8 Å². The second kappa shape index (κ2) is 3.53. The van der Waals surface area contributed by atoms with Gasteiger partial charge in [0.2, 0.25) is 5.78 Å². The van der Waals surface area contributed by atoms with Gasteiger partial charge in [-0.25, -0.2) is 4.98 Å². The Kier molecular flexibility index (Phi) is 2.37. The van der Waals surface area contributed by atoms with Crippen LogP contribution in [0.5, 0.6) is 0 Å². The molecule has 2 heterocycles. The van der Waals surface area contributed by atoms with E-state index in [-0.39, 0.29) is 11.8 Å². The monoisotopic (exact) mass is 193 g/mol. The molecule has 0 saturated carbocycles. The van der Waals surface area contributed by atoms with E-state index in [0.29, 0.717) is 5.82 Å². The normalized spacial score (nSPS) is 21.4. The molecule has 2 N–H and O–H groups in total. The van der Waals surface area contributed by atoms with Crippen LogP contribution in [0.2, 0.25) is 0 Å². The van der Waals surface area contributed by atoms with Crippen LogP contribution in [0.15, 0.2) is 0 Å². The number of hydrogen-bond donors (Lipinski definition) is 2. The van der Waals surface area contributed by atoms with Gasteiger partial charge in [-0.05, 0) is 33.2 Å². The summed E-state index contributed by atoms with van der Waals surface area (Å²) >= 11 is 0. The van der Waals surface area contributed by atoms with Crippen molar-refractivity contribution in [3.63, 3.8) is 0 Å². The van der Waals surface area contributed by atoms with E-state index < -0.39 is 0 Å². The first-order chi connectivity index (χ1) is 6.68. The maximum Gasteiger partial charge on any atom is 0.214 e. The number of aromatic amines is 1. The molecule has 1 fully saturated rings. The summed E-state index contributed by atoms with van der Waals surface area (Å²) in [6.07, 6.45) is 2.01. The Labute approximate surface area is 83.1 Å². The third-order valence-electron chi connectivity index (χ3n) is 2.74. The summed E-state index contributed by atoms with van der Waals surface area (Å²) in [7, 11) is 0. The predicted molar refractivity (Wildman–Crippen MR) is 53.4 cm³/mol. The SMILES string of the molecule is Cc1nc(C(=O)C2CCCN2)[nH]c1C. The fourth-order valence-electron chi connectivity index (χ4n) is 1.74. The highest BCUT2D eigenvalue weighted by atomic mass is 16.1. The van der Waals surface area contributed by atoms with E-state index in [4.69, 9.17) is 0 Å². The molecule has 76 valence electrons. The molecule has 0 amide bonds. The Balaban J connectivity index is 2.18. The average molecular weight is 193 g/mol. The van der Waals surface area contributed by atoms with Crippen molar-refractivity contribution in [1.29, 1.82) is 0 Å². The Hall–Kier alpha value is -1.16. The molecular weight excluding hydrogens is 178 g/mol. The number of rotatable bonds is 2. The molecule has 1 unspecified atom stereocenters. The van der Waals surface area contributed by atoms with Gasteiger partial charge in [0.1, 0.15) is 0 Å². The summed E-state index contributed by atoms with van der Waals surface area (Å²) in [4.78, 5) is 19.1. The molecule has 4 heteroatoms. The van der Waals surface area contributed by atoms with E-state index in [0.717, 1.165) is 30.8 Å². The predicted octanol–water partition coefficient (Wildman–Crippen LogP) is 0.961. The maximum absolute atomic E-state index is 11.9. The van der Waals surface area contributed by atoms with Crippen molar-refractivity contribution in [2.45, 2.75) is 32.7 Å². The van der Waals surface area contributed by atoms with Crippen LogP contribution < -0.4 is 5.32 Å². The Bertz CT molecular complexity index is 331. The van der Waals surface area contributed by atoms with Crippen LogP contribution >= 0.6 is 0 Å². The molecule has 1 saturated heterocycles. The first-order valence-electron chi connectivity index (χ1n) is 4.99. The molecule has 2 rings (SSSR count). The van der Waals surface area contributed by atoms with Gasteiger partial charge in [0.15, 0.2) is 5.82 Å². The largest absolute Gasteiger partial charge is 0.339 e. The van der Waals surface area contributed by atoms with Crippen molar-refractivity contribution in [3.8, 4) is 0 Å². The minimum Gasteiger partial charge on any atom is -0.339 e. The smallest absolute Gasteiger partial charge is 0.214 e. The Morgan fingerprint density at radius 2 is 2.29 bits per heavy atom. The highest BCUT2D eigenvalue weighted by molar-refractivity contribution is 5.97. The fourth-order valence-corrected chi connectivity index (χ4v) is 1.74. The van der Waals surface area contributed by atoms with Gasteiger partial charge in [-0.2, -0.15) is 0 Å². The average Bonchev–Trinajstić information content (AvgIpc) is 2.76. The molecule has 1 atom stereocenters. The fraction of sp³-hybridized carbons (Fsp3) is 0.600. The number of nitrogens with zero attached hydrogens (tertiary/aromatic N) is 1. The number of hydrogen-bond acceptors (Lipinski definition) is 3. The first-order valence-corrected chi connectivity index (χ1v) is 4.99. The van der Waals surface area contributed by atoms with Crippen LogP contribution in [0.4, 0.5) is 0 Å². The highest BCUT2D eigenvalue weighted by Crippen LogP contribution is 2.11. The molecule has 0 radical (unpaired) electrons. The molecular formula is C10H15N3O. The van der Waals surface area contributed by atoms with Gasteiger partial charge in [0.05, 0.1) is 11.7 Å². The van der Waals surface area contributed by atoms with Crippen molar-refractivity contribution in [3.05, 3.63) is 17.2 Å². The maximum atomic E-state index is 11.9. The van der Waals surface area contributed by atoms with Crippen LogP contribution in [0, 0.1) is 13.8 Å². The number of carbonyl (C=O) groups is 1. The molecule has 1 aromatic rings. The number of imidazole rings is 1. The second-order valence-electron chi connectivity index (χ2n) is 3.81. The Morgan fingerprint density at radius 3 is 2.79 bits per heavy atom. The highest BCUT2D eigenvalue weighted by Gasteiger charge is 2.25. The molecule has 0 aromatic carbocycles. The van der Waals surface area contributed by atoms with Crippen LogP contribution in [-0.2, 0) is 0 Å². The standard InChI is InChI=1S/C10H15N3O/c1-6-7(2)13-10(12-6)9(14)8-4-3-5-11-8/h8,11H,3-5H2,1-2H3,(H,12,13). The summed E-state index contributed by atoms with van der Waals surface area (Å²) in [5.74, 6) is 0.595. The summed E-state index contributed by atoms with van der Waals surface area (Å²) < 4.78 is 0. The van der Waals surface area contributed by atoms with Crippen molar-refractivity contribution in [2.75, 3.05) is 6.54 Å². The molecule has 14 heavy (non-hydrogen) atoms. The van der Waals surface area contributed by atoms with Gasteiger partial charge < -0.3 is 10.3 Å². The number of nitrogens with one attached hydrogen (secondary N) is 2. The third-order valence-corrected chi connectivity index (χ3v) is 2.74. The molecule has 0 bridgehead atoms. The van der Waals surface area contributed by atoms with E-state index >= 15 is 0 Å². The number of H-pyrrole nitrogens is 1. The minimum atomic E-state index is -0.0278. The summed E-state index contributed by atoms with van der Waals surface area (Å²) in [5, 5.41) is 3.17. The summed E-state index contributed by atoms with van der Waals surface area (Å²) in [5.41, 5.74) is 1.89. The lowest BCUT2D eigenvalue weighted by Gasteiger charge is -2.05. The van der Waals surface area contributed by atoms with Crippen molar-refractivity contribution in [1.82, 2.24) is 15.3 Å². The number of Topliss-reactive ketones (excluding diaryl/α,β-unsaturated/α-hetero) is 1. The number of carbonyl (C=O) groups excluding carboxylic acids is 1. The molecule has 0 spiro atoms. The van der Waals surface area contributed by atoms with E-state index in [1.165, 1.54) is 0 Å². The van der Waals surface area contributed by atoms with Crippen molar-refractivity contribution < 1.29 is 4.79 Å². The van der Waals surface area contributed by atoms with Crippen LogP contribution in [0.3, 0.4) is 0 Å². The van der Waals surface area contributed by atoms with Gasteiger partial charge in [0.25, 0.3) is 0 Å². The quantitative estimate of drug-likeness (QED) is 0.688. The van der Waals surface area contributed by atoms with Gasteiger partial charge >= 0.3 is 0 Å². The minimum absolute atomic E-state index is 0.0278. The molecule has 0 aliphatic carbocycles. The zero-order chi connectivity index (χ0) is 10.1. The van der Waals surface area contributed by atoms with Crippen LogP contribution in [0.25, 0.3) is 0 Å². The number of aromatic nitrogens is 2. The lowest BCUT2D eigenvalue weighted by molar-refractivity contribution is 0.0942. The van der Waals surface area contributed by atoms with Crippen LogP contribution in [-0.4, -0.2) is 28.3 Å². The number of ketones is 1. The molecule has 4 nitrogen and oxygen atoms in total. The van der Waals surface area contributed by atoms with Crippen molar-refractivity contribution >= 4 is 5.78 Å². The molecule has 1 aliphatic rings. The van der Waals surface area contributed by atoms with E-state index in [1.54, 1.807) is 0 Å². The third kappa shape index (κ3) is 1.57. The summed E-state index contributed by atoms with van der Waals surface area (Å²) in [6, 6.07) is -0.0278. The second-order valence-corrected chi connectivity index (χ2v) is 3.81. The Morgan fingerprint density at radius 1 is 1.50 bits per heavy atom. The van der Waals surface area contributed by atoms with Crippen molar-refractivity contribution in [2.24, 2.45) is 0 Å². The zero-order valence-corrected chi connectivity index (χ0v) is 8.55. The number of aryl methyl sites for hydroxylation is 2. The lowest BCUT2D eigenvalue weighted by Crippen LogP contribution is -2.31. The van der Waals surface area contributed by atoms with Gasteiger partial charge in [0, 0.05) is 5.69 Å². The zero-order valence-electron chi connectivity index (χ0n) is 8.55. The van der Waals surface area contributed by atoms with Crippen LogP contribution in [0.1, 0.15) is 34.8 Å². The lowest BCUT2D eigenvalue weighted by atomic mass is 10.1. The molecule has 1 aromatic heterocycles. The van der Waals surface area contributed by atoms with Gasteiger partial charge in [-0.1, -0.05) is 0 Å². The molecule has 1 aliphatic heterocycles. The van der Waals surface area contributed by atoms with Gasteiger partial charge in [-0.3, -0.25) is 4.79 Å². The van der Waals surface area contributed by atoms with E-state index in [1.807, 2.05) is 13.8 Å². The first kappa shape index (κ1) is 9.40. The van der Waals surface area contributed by atoms with E-state index in [2.05, 4.69) is 15.3 Å².